The van der Waals surface area contributed by atoms with Gasteiger partial charge in [-0.05, 0) is 36.5 Å². The molecule has 78 valence electrons. The van der Waals surface area contributed by atoms with E-state index < -0.39 is 0 Å². The van der Waals surface area contributed by atoms with Crippen molar-refractivity contribution in [2.24, 2.45) is 5.73 Å². The highest BCUT2D eigenvalue weighted by Gasteiger charge is 2.14. The summed E-state index contributed by atoms with van der Waals surface area (Å²) >= 11 is 1.77. The minimum absolute atomic E-state index is 0.358. The van der Waals surface area contributed by atoms with E-state index in [9.17, 15) is 0 Å². The molecular weight excluding hydrogens is 204 g/mol. The van der Waals surface area contributed by atoms with E-state index in [1.807, 2.05) is 18.3 Å². The Morgan fingerprint density at radius 2 is 2.20 bits per heavy atom. The van der Waals surface area contributed by atoms with Gasteiger partial charge in [0, 0.05) is 22.7 Å². The fourth-order valence-corrected chi connectivity index (χ4v) is 2.55. The maximum Gasteiger partial charge on any atom is 0.0487 e. The second kappa shape index (κ2) is 5.05. The zero-order chi connectivity index (χ0) is 10.5. The number of nitrogens with zero attached hydrogens (tertiary/aromatic N) is 1. The van der Waals surface area contributed by atoms with Gasteiger partial charge in [-0.3, -0.25) is 4.98 Å². The summed E-state index contributed by atoms with van der Waals surface area (Å²) in [4.78, 5) is 5.75. The zero-order valence-corrected chi connectivity index (χ0v) is 9.28. The molecule has 0 aromatic carbocycles. The molecule has 0 saturated heterocycles. The Bertz CT molecular complexity index is 383. The first-order chi connectivity index (χ1) is 7.42. The summed E-state index contributed by atoms with van der Waals surface area (Å²) in [6.07, 6.45) is 2.80. The summed E-state index contributed by atoms with van der Waals surface area (Å²) < 4.78 is 0. The van der Waals surface area contributed by atoms with Crippen LogP contribution in [0.1, 0.15) is 22.9 Å². The van der Waals surface area contributed by atoms with Gasteiger partial charge in [-0.2, -0.15) is 0 Å². The summed E-state index contributed by atoms with van der Waals surface area (Å²) in [6.45, 7) is 0.694. The number of thiophene rings is 1. The summed E-state index contributed by atoms with van der Waals surface area (Å²) in [5.41, 5.74) is 6.77. The molecule has 0 spiro atoms. The molecule has 15 heavy (non-hydrogen) atoms. The Balaban J connectivity index is 2.28. The van der Waals surface area contributed by atoms with Crippen LogP contribution >= 0.6 is 11.3 Å². The fourth-order valence-electron chi connectivity index (χ4n) is 1.67. The molecule has 2 aromatic heterocycles. The second-order valence-electron chi connectivity index (χ2n) is 3.40. The molecule has 0 amide bonds. The quantitative estimate of drug-likeness (QED) is 0.856. The van der Waals surface area contributed by atoms with E-state index in [2.05, 4.69) is 28.6 Å². The molecular formula is C12H14N2S. The number of hydrogen-bond acceptors (Lipinski definition) is 3. The van der Waals surface area contributed by atoms with Crippen LogP contribution in [-0.2, 0) is 0 Å². The van der Waals surface area contributed by atoms with Crippen LogP contribution in [0.2, 0.25) is 0 Å². The average molecular weight is 218 g/mol. The number of rotatable bonds is 4. The Morgan fingerprint density at radius 3 is 2.80 bits per heavy atom. The molecule has 0 radical (unpaired) electrons. The van der Waals surface area contributed by atoms with Crippen LogP contribution in [0.5, 0.6) is 0 Å². The van der Waals surface area contributed by atoms with Gasteiger partial charge in [-0.1, -0.05) is 12.1 Å². The first kappa shape index (κ1) is 10.3. The molecule has 0 saturated carbocycles. The first-order valence-electron chi connectivity index (χ1n) is 5.06. The Hall–Kier alpha value is -1.19. The molecule has 0 aliphatic heterocycles. The second-order valence-corrected chi connectivity index (χ2v) is 4.38. The van der Waals surface area contributed by atoms with Gasteiger partial charge in [-0.25, -0.2) is 0 Å². The number of hydrogen-bond donors (Lipinski definition) is 1. The van der Waals surface area contributed by atoms with E-state index in [0.717, 1.165) is 12.1 Å². The Labute approximate surface area is 93.8 Å². The van der Waals surface area contributed by atoms with Crippen molar-refractivity contribution in [1.29, 1.82) is 0 Å². The van der Waals surface area contributed by atoms with Gasteiger partial charge in [0.15, 0.2) is 0 Å². The van der Waals surface area contributed by atoms with Gasteiger partial charge < -0.3 is 5.73 Å². The van der Waals surface area contributed by atoms with Crippen LogP contribution < -0.4 is 5.73 Å². The standard InChI is InChI=1S/C12H14N2S/c13-7-6-10(12-5-3-9-15-12)11-4-1-2-8-14-11/h1-5,8-10H,6-7,13H2. The lowest BCUT2D eigenvalue weighted by molar-refractivity contribution is 0.716. The third-order valence-corrected chi connectivity index (χ3v) is 3.37. The Kier molecular flexibility index (Phi) is 3.48. The van der Waals surface area contributed by atoms with Crippen LogP contribution in [0.4, 0.5) is 0 Å². The molecule has 0 aliphatic carbocycles. The van der Waals surface area contributed by atoms with E-state index in [-0.39, 0.29) is 0 Å². The first-order valence-corrected chi connectivity index (χ1v) is 5.94. The summed E-state index contributed by atoms with van der Waals surface area (Å²) in [6, 6.07) is 10.3. The van der Waals surface area contributed by atoms with Crippen molar-refractivity contribution in [3.63, 3.8) is 0 Å². The van der Waals surface area contributed by atoms with Gasteiger partial charge in [0.1, 0.15) is 0 Å². The van der Waals surface area contributed by atoms with Crippen LogP contribution in [0.3, 0.4) is 0 Å². The molecule has 2 rings (SSSR count). The number of pyridine rings is 1. The minimum atomic E-state index is 0.358. The van der Waals surface area contributed by atoms with Gasteiger partial charge in [0.25, 0.3) is 0 Å². The highest BCUT2D eigenvalue weighted by molar-refractivity contribution is 7.10. The summed E-state index contributed by atoms with van der Waals surface area (Å²) in [7, 11) is 0. The highest BCUT2D eigenvalue weighted by atomic mass is 32.1. The van der Waals surface area contributed by atoms with Gasteiger partial charge >= 0.3 is 0 Å². The third-order valence-electron chi connectivity index (χ3n) is 2.39. The van der Waals surface area contributed by atoms with Gasteiger partial charge in [0.05, 0.1) is 0 Å². The molecule has 1 atom stereocenters. The van der Waals surface area contributed by atoms with Crippen LogP contribution in [-0.4, -0.2) is 11.5 Å². The predicted molar refractivity (Wildman–Crippen MR) is 64.1 cm³/mol. The highest BCUT2D eigenvalue weighted by Crippen LogP contribution is 2.29. The largest absolute Gasteiger partial charge is 0.330 e. The third kappa shape index (κ3) is 2.43. The van der Waals surface area contributed by atoms with Crippen molar-refractivity contribution in [2.75, 3.05) is 6.54 Å². The van der Waals surface area contributed by atoms with E-state index >= 15 is 0 Å². The lowest BCUT2D eigenvalue weighted by Crippen LogP contribution is -2.08. The van der Waals surface area contributed by atoms with E-state index in [1.54, 1.807) is 11.3 Å². The predicted octanol–water partition coefficient (Wildman–Crippen LogP) is 2.62. The van der Waals surface area contributed by atoms with Gasteiger partial charge in [0.2, 0.25) is 0 Å². The lowest BCUT2D eigenvalue weighted by atomic mass is 9.99. The average Bonchev–Trinajstić information content (AvgIpc) is 2.80. The molecule has 0 fully saturated rings. The monoisotopic (exact) mass is 218 g/mol. The number of aromatic nitrogens is 1. The number of nitrogens with two attached hydrogens (primary N) is 1. The van der Waals surface area contributed by atoms with E-state index in [1.165, 1.54) is 4.88 Å². The maximum absolute atomic E-state index is 5.65. The summed E-state index contributed by atoms with van der Waals surface area (Å²) in [5, 5.41) is 2.10. The molecule has 0 aliphatic rings. The maximum atomic E-state index is 5.65. The van der Waals surface area contributed by atoms with Crippen molar-refractivity contribution in [2.45, 2.75) is 12.3 Å². The minimum Gasteiger partial charge on any atom is -0.330 e. The van der Waals surface area contributed by atoms with Crippen LogP contribution in [0.25, 0.3) is 0 Å². The molecule has 1 unspecified atom stereocenters. The van der Waals surface area contributed by atoms with E-state index in [0.29, 0.717) is 12.5 Å². The van der Waals surface area contributed by atoms with Crippen LogP contribution in [0, 0.1) is 0 Å². The Morgan fingerprint density at radius 1 is 1.27 bits per heavy atom. The summed E-state index contributed by atoms with van der Waals surface area (Å²) in [5.74, 6) is 0.358. The van der Waals surface area contributed by atoms with Crippen molar-refractivity contribution in [3.8, 4) is 0 Å². The molecule has 2 aromatic rings. The van der Waals surface area contributed by atoms with Crippen molar-refractivity contribution < 1.29 is 0 Å². The van der Waals surface area contributed by atoms with Crippen LogP contribution in [0.15, 0.2) is 41.9 Å². The van der Waals surface area contributed by atoms with Crippen molar-refractivity contribution >= 4 is 11.3 Å². The van der Waals surface area contributed by atoms with Gasteiger partial charge in [-0.15, -0.1) is 11.3 Å². The SMILES string of the molecule is NCCC(c1ccccn1)c1cccs1. The molecule has 2 nitrogen and oxygen atoms in total. The molecule has 2 heterocycles. The zero-order valence-electron chi connectivity index (χ0n) is 8.47. The molecule has 0 bridgehead atoms. The smallest absolute Gasteiger partial charge is 0.0487 e. The molecule has 2 N–H and O–H groups in total. The lowest BCUT2D eigenvalue weighted by Gasteiger charge is -2.13. The fraction of sp³-hybridized carbons (Fsp3) is 0.250. The molecule has 3 heteroatoms. The topological polar surface area (TPSA) is 38.9 Å². The van der Waals surface area contributed by atoms with Crippen molar-refractivity contribution in [3.05, 3.63) is 52.5 Å². The van der Waals surface area contributed by atoms with E-state index in [4.69, 9.17) is 5.73 Å². The normalized spacial score (nSPS) is 12.6. The van der Waals surface area contributed by atoms with Crippen molar-refractivity contribution in [1.82, 2.24) is 4.98 Å².